The molecule has 0 aromatic heterocycles. The van der Waals surface area contributed by atoms with E-state index >= 15 is 0 Å². The molecule has 3 amide bonds. The molecule has 0 aliphatic carbocycles. The van der Waals surface area contributed by atoms with E-state index in [4.69, 9.17) is 0 Å². The van der Waals surface area contributed by atoms with Gasteiger partial charge in [-0.3, -0.25) is 14.9 Å². The fourth-order valence-electron chi connectivity index (χ4n) is 1.88. The normalized spacial score (nSPS) is 16.1. The number of imide groups is 1. The lowest BCUT2D eigenvalue weighted by Crippen LogP contribution is -2.50. The van der Waals surface area contributed by atoms with Crippen LogP contribution in [0.3, 0.4) is 0 Å². The molecule has 0 spiro atoms. The van der Waals surface area contributed by atoms with Gasteiger partial charge in [0.25, 0.3) is 11.8 Å². The van der Waals surface area contributed by atoms with Gasteiger partial charge in [0.1, 0.15) is 0 Å². The molecule has 31 heavy (non-hydrogen) atoms. The van der Waals surface area contributed by atoms with Gasteiger partial charge in [0.2, 0.25) is 0 Å². The summed E-state index contributed by atoms with van der Waals surface area (Å²) < 4.78 is 91.1. The van der Waals surface area contributed by atoms with Crippen molar-refractivity contribution in [1.82, 2.24) is 10.4 Å². The van der Waals surface area contributed by atoms with Crippen LogP contribution in [0.4, 0.5) is 22.4 Å². The summed E-state index contributed by atoms with van der Waals surface area (Å²) in [6.45, 7) is 4.36. The van der Waals surface area contributed by atoms with Crippen molar-refractivity contribution in [2.45, 2.75) is 50.5 Å². The van der Waals surface area contributed by atoms with Gasteiger partial charge < -0.3 is 9.47 Å². The van der Waals surface area contributed by atoms with Crippen LogP contribution in [0.25, 0.3) is 0 Å². The van der Waals surface area contributed by atoms with Gasteiger partial charge in [-0.25, -0.2) is 9.59 Å². The van der Waals surface area contributed by atoms with Crippen LogP contribution >= 0.6 is 0 Å². The fourth-order valence-corrected chi connectivity index (χ4v) is 2.81. The number of amides is 3. The molecule has 0 aromatic rings. The van der Waals surface area contributed by atoms with Crippen molar-refractivity contribution < 1.29 is 58.9 Å². The Kier molecular flexibility index (Phi) is 8.13. The van der Waals surface area contributed by atoms with Crippen LogP contribution in [0.5, 0.6) is 0 Å². The number of esters is 1. The maximum Gasteiger partial charge on any atom is 0.433 e. The summed E-state index contributed by atoms with van der Waals surface area (Å²) in [5.41, 5.74) is -0.00958. The van der Waals surface area contributed by atoms with Crippen molar-refractivity contribution in [3.8, 4) is 0 Å². The van der Waals surface area contributed by atoms with Gasteiger partial charge in [0.05, 0.1) is 13.0 Å². The minimum absolute atomic E-state index is 0.00958. The highest BCUT2D eigenvalue weighted by Gasteiger charge is 2.67. The summed E-state index contributed by atoms with van der Waals surface area (Å²) in [7, 11) is -6.48. The first kappa shape index (κ1) is 26.3. The molecule has 16 heteroatoms. The summed E-state index contributed by atoms with van der Waals surface area (Å²) in [6, 6.07) is 0. The van der Waals surface area contributed by atoms with E-state index in [0.717, 1.165) is 6.92 Å². The van der Waals surface area contributed by atoms with Crippen LogP contribution in [0, 0.1) is 0 Å². The highest BCUT2D eigenvalue weighted by atomic mass is 32.2. The monoisotopic (exact) mass is 478 g/mol. The van der Waals surface area contributed by atoms with Crippen LogP contribution in [-0.4, -0.2) is 61.4 Å². The standard InChI is InChI=1S/C15H18F4N2O9S/c1-8(2)12(24)29-9(3)20-13(25)28-7-6-14(16,17)15(18,19)31(26,27)30-21-10(22)4-5-11(21)23/h9H,1,4-7H2,2-3H3,(H,20,25). The lowest BCUT2D eigenvalue weighted by Gasteiger charge is -2.26. The van der Waals surface area contributed by atoms with E-state index < -0.39 is 82.3 Å². The fraction of sp³-hybridized carbons (Fsp3) is 0.600. The van der Waals surface area contributed by atoms with Gasteiger partial charge in [-0.2, -0.15) is 26.0 Å². The molecule has 1 atom stereocenters. The van der Waals surface area contributed by atoms with Crippen molar-refractivity contribution in [2.75, 3.05) is 6.61 Å². The van der Waals surface area contributed by atoms with E-state index in [9.17, 15) is 45.2 Å². The second-order valence-electron chi connectivity index (χ2n) is 6.19. The molecule has 1 aliphatic heterocycles. The zero-order valence-corrected chi connectivity index (χ0v) is 17.0. The first-order valence-corrected chi connectivity index (χ1v) is 9.78. The molecule has 1 aliphatic rings. The number of hydrogen-bond donors (Lipinski definition) is 1. The minimum Gasteiger partial charge on any atom is -0.449 e. The van der Waals surface area contributed by atoms with Gasteiger partial charge in [-0.1, -0.05) is 6.58 Å². The third-order valence-electron chi connectivity index (χ3n) is 3.52. The number of hydroxylamine groups is 2. The zero-order chi connectivity index (χ0) is 24.2. The zero-order valence-electron chi connectivity index (χ0n) is 16.2. The van der Waals surface area contributed by atoms with Gasteiger partial charge in [-0.05, 0) is 13.8 Å². The van der Waals surface area contributed by atoms with E-state index in [1.54, 1.807) is 0 Å². The molecule has 0 aromatic carbocycles. The largest absolute Gasteiger partial charge is 0.449 e. The topological polar surface area (TPSA) is 145 Å². The van der Waals surface area contributed by atoms with E-state index in [2.05, 4.69) is 20.3 Å². The maximum absolute atomic E-state index is 13.9. The average Bonchev–Trinajstić information content (AvgIpc) is 2.92. The van der Waals surface area contributed by atoms with E-state index in [0.29, 0.717) is 0 Å². The third kappa shape index (κ3) is 6.36. The van der Waals surface area contributed by atoms with Crippen molar-refractivity contribution >= 4 is 34.0 Å². The Morgan fingerprint density at radius 1 is 1.19 bits per heavy atom. The summed E-state index contributed by atoms with van der Waals surface area (Å²) >= 11 is 0. The lowest BCUT2D eigenvalue weighted by molar-refractivity contribution is -0.183. The molecular formula is C15H18F4N2O9S. The Hall–Kier alpha value is -2.75. The molecule has 1 fully saturated rings. The summed E-state index contributed by atoms with van der Waals surface area (Å²) in [4.78, 5) is 45.2. The highest BCUT2D eigenvalue weighted by Crippen LogP contribution is 2.42. The van der Waals surface area contributed by atoms with Crippen molar-refractivity contribution in [3.63, 3.8) is 0 Å². The number of nitrogens with zero attached hydrogens (tertiary/aromatic N) is 1. The van der Waals surface area contributed by atoms with Crippen LogP contribution in [0.1, 0.15) is 33.1 Å². The molecule has 0 saturated carbocycles. The number of hydrogen-bond acceptors (Lipinski definition) is 9. The molecule has 1 unspecified atom stereocenters. The molecular weight excluding hydrogens is 460 g/mol. The molecule has 1 rings (SSSR count). The maximum atomic E-state index is 13.9. The van der Waals surface area contributed by atoms with Gasteiger partial charge in [-0.15, -0.1) is 9.35 Å². The first-order valence-electron chi connectivity index (χ1n) is 8.37. The molecule has 1 heterocycles. The third-order valence-corrected chi connectivity index (χ3v) is 4.79. The van der Waals surface area contributed by atoms with Gasteiger partial charge in [0, 0.05) is 18.4 Å². The summed E-state index contributed by atoms with van der Waals surface area (Å²) in [5, 5.41) is -4.54. The van der Waals surface area contributed by atoms with E-state index in [1.807, 2.05) is 5.32 Å². The number of carbonyl (C=O) groups is 4. The Balaban J connectivity index is 2.68. The van der Waals surface area contributed by atoms with Crippen LogP contribution in [0.2, 0.25) is 0 Å². The van der Waals surface area contributed by atoms with E-state index in [-0.39, 0.29) is 5.57 Å². The molecule has 0 radical (unpaired) electrons. The Bertz CT molecular complexity index is 860. The average molecular weight is 478 g/mol. The molecule has 176 valence electrons. The SMILES string of the molecule is C=C(C)C(=O)OC(C)NC(=O)OCCC(F)(F)C(F)(F)S(=O)(=O)ON1C(=O)CCC1=O. The number of alkyl halides is 4. The Labute approximate surface area is 173 Å². The minimum atomic E-state index is -6.48. The van der Waals surface area contributed by atoms with Crippen molar-refractivity contribution in [2.24, 2.45) is 0 Å². The van der Waals surface area contributed by atoms with Gasteiger partial charge >= 0.3 is 33.4 Å². The quantitative estimate of drug-likeness (QED) is 0.161. The number of nitrogens with one attached hydrogen (secondary N) is 1. The van der Waals surface area contributed by atoms with Crippen LogP contribution < -0.4 is 5.32 Å². The Morgan fingerprint density at radius 2 is 1.71 bits per heavy atom. The van der Waals surface area contributed by atoms with Crippen LogP contribution in [0.15, 0.2) is 12.2 Å². The number of alkyl carbamates (subject to hydrolysis) is 1. The molecule has 1 saturated heterocycles. The van der Waals surface area contributed by atoms with E-state index in [1.165, 1.54) is 6.92 Å². The number of ether oxygens (including phenoxy) is 2. The van der Waals surface area contributed by atoms with Crippen LogP contribution in [-0.2, 0) is 38.3 Å². The predicted octanol–water partition coefficient (Wildman–Crippen LogP) is 1.21. The number of halogens is 4. The second kappa shape index (κ2) is 9.59. The number of carbonyl (C=O) groups excluding carboxylic acids is 4. The first-order chi connectivity index (χ1) is 14.0. The predicted molar refractivity (Wildman–Crippen MR) is 90.5 cm³/mol. The van der Waals surface area contributed by atoms with Gasteiger partial charge in [0.15, 0.2) is 6.23 Å². The highest BCUT2D eigenvalue weighted by molar-refractivity contribution is 7.87. The summed E-state index contributed by atoms with van der Waals surface area (Å²) in [5.74, 6) is -8.81. The lowest BCUT2D eigenvalue weighted by atomic mass is 10.2. The van der Waals surface area contributed by atoms with Crippen molar-refractivity contribution in [1.29, 1.82) is 0 Å². The van der Waals surface area contributed by atoms with Crippen molar-refractivity contribution in [3.05, 3.63) is 12.2 Å². The Morgan fingerprint density at radius 3 is 2.19 bits per heavy atom. The molecule has 0 bridgehead atoms. The smallest absolute Gasteiger partial charge is 0.433 e. The molecule has 11 nitrogen and oxygen atoms in total. The second-order valence-corrected chi connectivity index (χ2v) is 7.76. The molecule has 1 N–H and O–H groups in total. The summed E-state index contributed by atoms with van der Waals surface area (Å²) in [6.07, 6.45) is -5.78. The number of rotatable bonds is 10.